The van der Waals surface area contributed by atoms with Crippen molar-refractivity contribution in [1.82, 2.24) is 4.31 Å². The van der Waals surface area contributed by atoms with Crippen LogP contribution in [0.25, 0.3) is 0 Å². The van der Waals surface area contributed by atoms with Crippen LogP contribution < -0.4 is 0 Å². The number of sulfonamides is 1. The molecule has 7 heteroatoms. The number of aliphatic carboxylic acids is 1. The standard InChI is InChI=1S/C11H13NO4S2/c1-8-2-4-9(5-3-8)18(15,16)12-7-17-6-10(12)11(13)14/h2-5,10H,6-7H2,1H3,(H,13,14)/t10-/m0/s1. The predicted octanol–water partition coefficient (Wildman–Crippen LogP) is 1.14. The highest BCUT2D eigenvalue weighted by Crippen LogP contribution is 2.28. The van der Waals surface area contributed by atoms with E-state index >= 15 is 0 Å². The fourth-order valence-corrected chi connectivity index (χ4v) is 4.84. The number of rotatable bonds is 3. The summed E-state index contributed by atoms with van der Waals surface area (Å²) in [4.78, 5) is 11.2. The van der Waals surface area contributed by atoms with Crippen LogP contribution in [0.15, 0.2) is 29.2 Å². The lowest BCUT2D eigenvalue weighted by Crippen LogP contribution is -2.41. The first-order valence-corrected chi connectivity index (χ1v) is 7.91. The number of benzene rings is 1. The Hall–Kier alpha value is -1.05. The molecule has 1 N–H and O–H groups in total. The number of nitrogens with zero attached hydrogens (tertiary/aromatic N) is 1. The summed E-state index contributed by atoms with van der Waals surface area (Å²) in [7, 11) is -3.72. The number of hydrogen-bond donors (Lipinski definition) is 1. The Balaban J connectivity index is 2.36. The van der Waals surface area contributed by atoms with E-state index in [1.807, 2.05) is 6.92 Å². The van der Waals surface area contributed by atoms with Crippen LogP contribution in [-0.2, 0) is 14.8 Å². The van der Waals surface area contributed by atoms with E-state index in [-0.39, 0.29) is 10.8 Å². The van der Waals surface area contributed by atoms with Gasteiger partial charge in [0.25, 0.3) is 0 Å². The topological polar surface area (TPSA) is 74.7 Å². The van der Waals surface area contributed by atoms with Gasteiger partial charge in [-0.3, -0.25) is 4.79 Å². The number of carboxylic acids is 1. The van der Waals surface area contributed by atoms with Crippen molar-refractivity contribution in [1.29, 1.82) is 0 Å². The summed E-state index contributed by atoms with van der Waals surface area (Å²) in [5.41, 5.74) is 0.958. The van der Waals surface area contributed by atoms with Crippen LogP contribution in [0.4, 0.5) is 0 Å². The maximum atomic E-state index is 12.3. The van der Waals surface area contributed by atoms with Gasteiger partial charge in [0, 0.05) is 5.75 Å². The number of aryl methyl sites for hydroxylation is 1. The third-order valence-electron chi connectivity index (χ3n) is 2.75. The van der Waals surface area contributed by atoms with E-state index in [0.717, 1.165) is 9.87 Å². The third kappa shape index (κ3) is 2.38. The fourth-order valence-electron chi connectivity index (χ4n) is 1.70. The molecule has 0 radical (unpaired) electrons. The SMILES string of the molecule is Cc1ccc(S(=O)(=O)N2CSC[C@H]2C(=O)O)cc1. The summed E-state index contributed by atoms with van der Waals surface area (Å²) in [5.74, 6) is -0.621. The summed E-state index contributed by atoms with van der Waals surface area (Å²) >= 11 is 1.31. The first kappa shape index (κ1) is 13.4. The van der Waals surface area contributed by atoms with Gasteiger partial charge in [-0.25, -0.2) is 8.42 Å². The van der Waals surface area contributed by atoms with Crippen molar-refractivity contribution in [3.8, 4) is 0 Å². The predicted molar refractivity (Wildman–Crippen MR) is 69.0 cm³/mol. The third-order valence-corrected chi connectivity index (χ3v) is 5.80. The van der Waals surface area contributed by atoms with Gasteiger partial charge in [-0.15, -0.1) is 11.8 Å². The van der Waals surface area contributed by atoms with Crippen molar-refractivity contribution >= 4 is 27.8 Å². The average molecular weight is 287 g/mol. The molecule has 1 atom stereocenters. The minimum atomic E-state index is -3.72. The quantitative estimate of drug-likeness (QED) is 0.902. The van der Waals surface area contributed by atoms with Gasteiger partial charge in [0.1, 0.15) is 6.04 Å². The Labute approximate surface area is 110 Å². The molecule has 0 spiro atoms. The van der Waals surface area contributed by atoms with Gasteiger partial charge in [0.05, 0.1) is 10.8 Å². The van der Waals surface area contributed by atoms with Crippen molar-refractivity contribution in [2.24, 2.45) is 0 Å². The summed E-state index contributed by atoms with van der Waals surface area (Å²) < 4.78 is 25.7. The normalized spacial score (nSPS) is 21.1. The highest BCUT2D eigenvalue weighted by molar-refractivity contribution is 8.00. The molecule has 0 aromatic heterocycles. The Kier molecular flexibility index (Phi) is 3.65. The maximum Gasteiger partial charge on any atom is 0.322 e. The largest absolute Gasteiger partial charge is 0.480 e. The van der Waals surface area contributed by atoms with Crippen LogP contribution in [0.3, 0.4) is 0 Å². The molecule has 1 aromatic rings. The van der Waals surface area contributed by atoms with Crippen LogP contribution in [0, 0.1) is 6.92 Å². The lowest BCUT2D eigenvalue weighted by Gasteiger charge is -2.20. The molecule has 2 rings (SSSR count). The van der Waals surface area contributed by atoms with Gasteiger partial charge in [-0.2, -0.15) is 4.31 Å². The number of hydrogen-bond acceptors (Lipinski definition) is 4. The second-order valence-corrected chi connectivity index (χ2v) is 6.95. The highest BCUT2D eigenvalue weighted by Gasteiger charge is 2.39. The van der Waals surface area contributed by atoms with Gasteiger partial charge >= 0.3 is 5.97 Å². The minimum Gasteiger partial charge on any atom is -0.480 e. The Morgan fingerprint density at radius 2 is 2.00 bits per heavy atom. The molecule has 1 heterocycles. The summed E-state index contributed by atoms with van der Waals surface area (Å²) in [6.07, 6.45) is 0. The van der Waals surface area contributed by atoms with E-state index in [0.29, 0.717) is 5.75 Å². The number of carboxylic acid groups (broad SMARTS) is 1. The smallest absolute Gasteiger partial charge is 0.322 e. The van der Waals surface area contributed by atoms with Crippen molar-refractivity contribution in [2.45, 2.75) is 17.9 Å². The van der Waals surface area contributed by atoms with E-state index in [2.05, 4.69) is 0 Å². The average Bonchev–Trinajstić information content (AvgIpc) is 2.79. The zero-order valence-corrected chi connectivity index (χ0v) is 11.4. The summed E-state index contributed by atoms with van der Waals surface area (Å²) in [5, 5.41) is 9.02. The minimum absolute atomic E-state index is 0.141. The lowest BCUT2D eigenvalue weighted by molar-refractivity contribution is -0.140. The zero-order chi connectivity index (χ0) is 13.3. The fraction of sp³-hybridized carbons (Fsp3) is 0.364. The molecular weight excluding hydrogens is 274 g/mol. The van der Waals surface area contributed by atoms with Gasteiger partial charge in [0.2, 0.25) is 10.0 Å². The molecule has 1 saturated heterocycles. The first-order valence-electron chi connectivity index (χ1n) is 5.32. The molecule has 0 unspecified atom stereocenters. The molecule has 18 heavy (non-hydrogen) atoms. The molecule has 1 aromatic carbocycles. The van der Waals surface area contributed by atoms with Crippen LogP contribution in [0.5, 0.6) is 0 Å². The van der Waals surface area contributed by atoms with Gasteiger partial charge in [0.15, 0.2) is 0 Å². The van der Waals surface area contributed by atoms with Crippen LogP contribution in [0.2, 0.25) is 0 Å². The summed E-state index contributed by atoms with van der Waals surface area (Å²) in [6.45, 7) is 1.86. The monoisotopic (exact) mass is 287 g/mol. The second kappa shape index (κ2) is 4.91. The van der Waals surface area contributed by atoms with E-state index in [9.17, 15) is 13.2 Å². The summed E-state index contributed by atoms with van der Waals surface area (Å²) in [6, 6.07) is 5.44. The van der Waals surface area contributed by atoms with E-state index < -0.39 is 22.0 Å². The van der Waals surface area contributed by atoms with Crippen molar-refractivity contribution in [2.75, 3.05) is 11.6 Å². The molecule has 5 nitrogen and oxygen atoms in total. The Bertz CT molecular complexity index is 553. The van der Waals surface area contributed by atoms with E-state index in [4.69, 9.17) is 5.11 Å². The van der Waals surface area contributed by atoms with Gasteiger partial charge in [-0.05, 0) is 19.1 Å². The Morgan fingerprint density at radius 3 is 2.56 bits per heavy atom. The highest BCUT2D eigenvalue weighted by atomic mass is 32.2. The molecule has 1 aliphatic heterocycles. The second-order valence-electron chi connectivity index (χ2n) is 4.06. The molecular formula is C11H13NO4S2. The first-order chi connectivity index (χ1) is 8.43. The van der Waals surface area contributed by atoms with Crippen molar-refractivity contribution in [3.63, 3.8) is 0 Å². The molecule has 0 saturated carbocycles. The van der Waals surface area contributed by atoms with E-state index in [1.54, 1.807) is 12.1 Å². The molecule has 98 valence electrons. The molecule has 0 aliphatic carbocycles. The molecule has 0 amide bonds. The lowest BCUT2D eigenvalue weighted by atomic mass is 10.2. The number of thioether (sulfide) groups is 1. The van der Waals surface area contributed by atoms with Gasteiger partial charge in [-0.1, -0.05) is 17.7 Å². The van der Waals surface area contributed by atoms with Gasteiger partial charge < -0.3 is 5.11 Å². The molecule has 0 bridgehead atoms. The number of carbonyl (C=O) groups is 1. The van der Waals surface area contributed by atoms with E-state index in [1.165, 1.54) is 23.9 Å². The zero-order valence-electron chi connectivity index (χ0n) is 9.74. The van der Waals surface area contributed by atoms with Crippen LogP contribution in [-0.4, -0.2) is 41.5 Å². The Morgan fingerprint density at radius 1 is 1.39 bits per heavy atom. The maximum absolute atomic E-state index is 12.3. The van der Waals surface area contributed by atoms with Crippen LogP contribution >= 0.6 is 11.8 Å². The van der Waals surface area contributed by atoms with Crippen LogP contribution in [0.1, 0.15) is 5.56 Å². The molecule has 1 aliphatic rings. The molecule has 1 fully saturated rings. The van der Waals surface area contributed by atoms with Crippen molar-refractivity contribution < 1.29 is 18.3 Å². The van der Waals surface area contributed by atoms with Crippen molar-refractivity contribution in [3.05, 3.63) is 29.8 Å².